The molecule has 0 fully saturated rings. The minimum atomic E-state index is -2.87. The Bertz CT molecular complexity index is 219. The summed E-state index contributed by atoms with van der Waals surface area (Å²) < 4.78 is 22.6. The van der Waals surface area contributed by atoms with Gasteiger partial charge in [-0.3, -0.25) is 4.57 Å². The monoisotopic (exact) mass is 283 g/mol. The molecule has 104 valence electrons. The van der Waals surface area contributed by atoms with Gasteiger partial charge >= 0.3 is 7.60 Å². The molecule has 0 radical (unpaired) electrons. The lowest BCUT2D eigenvalue weighted by Gasteiger charge is -2.20. The van der Waals surface area contributed by atoms with Crippen molar-refractivity contribution in [2.45, 2.75) is 33.2 Å². The van der Waals surface area contributed by atoms with Crippen molar-refractivity contribution in [3.63, 3.8) is 0 Å². The van der Waals surface area contributed by atoms with Crippen molar-refractivity contribution in [1.82, 2.24) is 5.32 Å². The van der Waals surface area contributed by atoms with Crippen LogP contribution in [0.15, 0.2) is 0 Å². The van der Waals surface area contributed by atoms with Crippen molar-refractivity contribution in [3.8, 4) is 0 Å². The van der Waals surface area contributed by atoms with E-state index >= 15 is 0 Å². The molecule has 1 N–H and O–H groups in total. The van der Waals surface area contributed by atoms with Gasteiger partial charge in [0.2, 0.25) is 0 Å². The van der Waals surface area contributed by atoms with Gasteiger partial charge in [-0.1, -0.05) is 6.92 Å². The molecule has 0 rings (SSSR count). The maximum absolute atomic E-state index is 12.2. The molecular weight excluding hydrogens is 257 g/mol. The van der Waals surface area contributed by atoms with Crippen LogP contribution in [0.2, 0.25) is 0 Å². The van der Waals surface area contributed by atoms with Crippen molar-refractivity contribution < 1.29 is 13.6 Å². The Morgan fingerprint density at radius 2 is 1.82 bits per heavy atom. The fourth-order valence-electron chi connectivity index (χ4n) is 1.49. The van der Waals surface area contributed by atoms with E-state index in [0.717, 1.165) is 12.2 Å². The minimum absolute atomic E-state index is 0.430. The third kappa shape index (κ3) is 8.22. The highest BCUT2D eigenvalue weighted by Crippen LogP contribution is 2.47. The lowest BCUT2D eigenvalue weighted by molar-refractivity contribution is 0.220. The van der Waals surface area contributed by atoms with Gasteiger partial charge in [0.05, 0.1) is 19.4 Å². The lowest BCUT2D eigenvalue weighted by Crippen LogP contribution is -2.33. The van der Waals surface area contributed by atoms with Gasteiger partial charge < -0.3 is 14.4 Å². The second-order valence-corrected chi connectivity index (χ2v) is 6.78. The Morgan fingerprint density at radius 3 is 2.24 bits per heavy atom. The molecule has 0 aliphatic heterocycles. The topological polar surface area (TPSA) is 47.6 Å². The van der Waals surface area contributed by atoms with Crippen molar-refractivity contribution in [1.29, 1.82) is 0 Å². The number of thioether (sulfide) groups is 1. The molecule has 1 atom stereocenters. The summed E-state index contributed by atoms with van der Waals surface area (Å²) in [4.78, 5) is 0. The van der Waals surface area contributed by atoms with Crippen molar-refractivity contribution in [2.24, 2.45) is 0 Å². The second-order valence-electron chi connectivity index (χ2n) is 3.68. The van der Waals surface area contributed by atoms with E-state index in [1.54, 1.807) is 0 Å². The Morgan fingerprint density at radius 1 is 1.24 bits per heavy atom. The van der Waals surface area contributed by atoms with Gasteiger partial charge in [-0.15, -0.1) is 0 Å². The maximum Gasteiger partial charge on any atom is 0.331 e. The van der Waals surface area contributed by atoms with E-state index in [9.17, 15) is 4.57 Å². The summed E-state index contributed by atoms with van der Waals surface area (Å²) in [6, 6.07) is 0.474. The van der Waals surface area contributed by atoms with Crippen LogP contribution in [-0.4, -0.2) is 44.0 Å². The molecule has 0 heterocycles. The average molecular weight is 283 g/mol. The van der Waals surface area contributed by atoms with E-state index in [-0.39, 0.29) is 0 Å². The summed E-state index contributed by atoms with van der Waals surface area (Å²) in [7, 11) is -2.87. The first kappa shape index (κ1) is 17.5. The number of hydrogen-bond donors (Lipinski definition) is 1. The van der Waals surface area contributed by atoms with Gasteiger partial charge in [-0.2, -0.15) is 11.8 Å². The van der Waals surface area contributed by atoms with Gasteiger partial charge in [0.1, 0.15) is 0 Å². The van der Waals surface area contributed by atoms with Gasteiger partial charge in [0, 0.05) is 18.3 Å². The highest BCUT2D eigenvalue weighted by Gasteiger charge is 2.23. The van der Waals surface area contributed by atoms with Crippen LogP contribution in [-0.2, 0) is 13.6 Å². The van der Waals surface area contributed by atoms with E-state index in [1.165, 1.54) is 0 Å². The van der Waals surface area contributed by atoms with Gasteiger partial charge in [0.25, 0.3) is 0 Å². The van der Waals surface area contributed by atoms with Crippen LogP contribution < -0.4 is 5.32 Å². The molecular formula is C11H26NO3PS. The van der Waals surface area contributed by atoms with E-state index < -0.39 is 7.60 Å². The Labute approximate surface area is 110 Å². The van der Waals surface area contributed by atoms with Crippen LogP contribution in [0.3, 0.4) is 0 Å². The van der Waals surface area contributed by atoms with Crippen LogP contribution in [0.5, 0.6) is 0 Å². The summed E-state index contributed by atoms with van der Waals surface area (Å²) in [6.45, 7) is 7.36. The molecule has 0 aliphatic rings. The van der Waals surface area contributed by atoms with Crippen LogP contribution in [0.25, 0.3) is 0 Å². The largest absolute Gasteiger partial charge is 0.331 e. The zero-order chi connectivity index (χ0) is 13.1. The summed E-state index contributed by atoms with van der Waals surface area (Å²) in [5.74, 6) is 1.07. The third-order valence-electron chi connectivity index (χ3n) is 2.33. The number of nitrogens with one attached hydrogen (secondary N) is 1. The normalized spacial score (nSPS) is 13.9. The Balaban J connectivity index is 3.99. The molecule has 0 saturated heterocycles. The van der Waals surface area contributed by atoms with Crippen molar-refractivity contribution in [3.05, 3.63) is 0 Å². The fraction of sp³-hybridized carbons (Fsp3) is 1.00. The quantitative estimate of drug-likeness (QED) is 0.591. The molecule has 6 heteroatoms. The van der Waals surface area contributed by atoms with Crippen molar-refractivity contribution in [2.75, 3.05) is 37.9 Å². The summed E-state index contributed by atoms with van der Waals surface area (Å²) >= 11 is 1.82. The van der Waals surface area contributed by atoms with Gasteiger partial charge in [-0.05, 0) is 26.5 Å². The molecule has 1 unspecified atom stereocenters. The molecule has 0 aromatic carbocycles. The highest BCUT2D eigenvalue weighted by molar-refractivity contribution is 7.98. The third-order valence-corrected chi connectivity index (χ3v) is 5.14. The van der Waals surface area contributed by atoms with Gasteiger partial charge in [-0.25, -0.2) is 0 Å². The van der Waals surface area contributed by atoms with Crippen LogP contribution in [0.4, 0.5) is 0 Å². The smallest absolute Gasteiger partial charge is 0.313 e. The summed E-state index contributed by atoms with van der Waals surface area (Å²) in [5.41, 5.74) is 0. The SMILES string of the molecule is CCOP(=O)(CCNC(CC)CSC)OCC. The molecule has 0 aromatic heterocycles. The first-order chi connectivity index (χ1) is 8.11. The number of rotatable bonds is 11. The predicted molar refractivity (Wildman–Crippen MR) is 76.2 cm³/mol. The summed E-state index contributed by atoms with van der Waals surface area (Å²) in [5, 5.41) is 3.39. The summed E-state index contributed by atoms with van der Waals surface area (Å²) in [6.07, 6.45) is 3.61. The zero-order valence-corrected chi connectivity index (χ0v) is 13.1. The van der Waals surface area contributed by atoms with Crippen LogP contribution >= 0.6 is 19.4 Å². The number of hydrogen-bond acceptors (Lipinski definition) is 5. The zero-order valence-electron chi connectivity index (χ0n) is 11.4. The van der Waals surface area contributed by atoms with E-state index in [1.807, 2.05) is 25.6 Å². The van der Waals surface area contributed by atoms with Crippen LogP contribution in [0.1, 0.15) is 27.2 Å². The molecule has 0 amide bonds. The fourth-order valence-corrected chi connectivity index (χ4v) is 3.77. The van der Waals surface area contributed by atoms with Crippen molar-refractivity contribution >= 4 is 19.4 Å². The highest BCUT2D eigenvalue weighted by atomic mass is 32.2. The molecule has 0 aliphatic carbocycles. The minimum Gasteiger partial charge on any atom is -0.313 e. The molecule has 4 nitrogen and oxygen atoms in total. The Kier molecular flexibility index (Phi) is 10.7. The van der Waals surface area contributed by atoms with Gasteiger partial charge in [0.15, 0.2) is 0 Å². The first-order valence-electron chi connectivity index (χ1n) is 6.22. The molecule has 0 aromatic rings. The second kappa shape index (κ2) is 10.4. The molecule has 0 spiro atoms. The molecule has 0 bridgehead atoms. The van der Waals surface area contributed by atoms with E-state index in [0.29, 0.717) is 32.0 Å². The standard InChI is InChI=1S/C11H26NO3PS/c1-5-11(10-17-4)12-8-9-16(13,14-6-2)15-7-3/h11-12H,5-10H2,1-4H3. The first-order valence-corrected chi connectivity index (χ1v) is 9.34. The van der Waals surface area contributed by atoms with E-state index in [4.69, 9.17) is 9.05 Å². The average Bonchev–Trinajstić information content (AvgIpc) is 2.28. The van der Waals surface area contributed by atoms with Crippen LogP contribution in [0, 0.1) is 0 Å². The van der Waals surface area contributed by atoms with E-state index in [2.05, 4.69) is 18.5 Å². The predicted octanol–water partition coefficient (Wildman–Crippen LogP) is 2.98. The Hall–Kier alpha value is 0.460. The lowest BCUT2D eigenvalue weighted by atomic mass is 10.2. The molecule has 17 heavy (non-hydrogen) atoms. The maximum atomic E-state index is 12.2. The molecule has 0 saturated carbocycles.